The quantitative estimate of drug-likeness (QED) is 0.725. The monoisotopic (exact) mass is 293 g/mol. The Kier molecular flexibility index (Phi) is 5.79. The van der Waals surface area contributed by atoms with Crippen molar-refractivity contribution in [1.29, 1.82) is 0 Å². The van der Waals surface area contributed by atoms with Crippen LogP contribution in [-0.4, -0.2) is 40.3 Å². The Hall–Kier alpha value is -1.36. The highest BCUT2D eigenvalue weighted by atomic mass is 16.5. The minimum atomic E-state index is -0.164. The van der Waals surface area contributed by atoms with Crippen LogP contribution in [0.15, 0.2) is 12.3 Å². The molecule has 1 aromatic rings. The van der Waals surface area contributed by atoms with Gasteiger partial charge in [0.15, 0.2) is 0 Å². The van der Waals surface area contributed by atoms with E-state index < -0.39 is 0 Å². The van der Waals surface area contributed by atoms with Gasteiger partial charge in [-0.25, -0.2) is 0 Å². The second-order valence-corrected chi connectivity index (χ2v) is 5.96. The number of nitrogens with zero attached hydrogens (tertiary/aromatic N) is 3. The van der Waals surface area contributed by atoms with E-state index in [-0.39, 0.29) is 5.97 Å². The van der Waals surface area contributed by atoms with Gasteiger partial charge >= 0.3 is 5.97 Å². The number of rotatable bonds is 7. The molecule has 1 aromatic heterocycles. The molecule has 0 amide bonds. The van der Waals surface area contributed by atoms with Crippen molar-refractivity contribution in [3.63, 3.8) is 0 Å². The summed E-state index contributed by atoms with van der Waals surface area (Å²) in [6.45, 7) is 5.41. The highest BCUT2D eigenvalue weighted by Crippen LogP contribution is 2.24. The highest BCUT2D eigenvalue weighted by Gasteiger charge is 2.25. The van der Waals surface area contributed by atoms with Crippen LogP contribution in [0.3, 0.4) is 0 Å². The van der Waals surface area contributed by atoms with Crippen LogP contribution in [0.25, 0.3) is 0 Å². The minimum absolute atomic E-state index is 0.164. The highest BCUT2D eigenvalue weighted by molar-refractivity contribution is 5.71. The van der Waals surface area contributed by atoms with Gasteiger partial charge in [0, 0.05) is 24.8 Å². The zero-order chi connectivity index (χ0) is 15.2. The largest absolute Gasteiger partial charge is 0.468 e. The lowest BCUT2D eigenvalue weighted by Crippen LogP contribution is -2.37. The lowest BCUT2D eigenvalue weighted by molar-refractivity contribution is -0.142. The van der Waals surface area contributed by atoms with Crippen LogP contribution in [0.1, 0.15) is 57.7 Å². The van der Waals surface area contributed by atoms with Gasteiger partial charge in [-0.3, -0.25) is 14.4 Å². The number of carbonyl (C=O) groups is 1. The molecule has 1 saturated carbocycles. The third-order valence-corrected chi connectivity index (χ3v) is 4.47. The molecule has 5 nitrogen and oxygen atoms in total. The van der Waals surface area contributed by atoms with Crippen LogP contribution in [-0.2, 0) is 16.1 Å². The zero-order valence-electron chi connectivity index (χ0n) is 13.4. The van der Waals surface area contributed by atoms with Crippen LogP contribution in [0, 0.1) is 0 Å². The molecule has 0 aliphatic heterocycles. The van der Waals surface area contributed by atoms with Crippen molar-refractivity contribution >= 4 is 5.97 Å². The average molecular weight is 293 g/mol. The Morgan fingerprint density at radius 1 is 1.52 bits per heavy atom. The molecule has 0 saturated heterocycles. The molecule has 5 heteroatoms. The number of esters is 1. The van der Waals surface area contributed by atoms with Crippen molar-refractivity contribution in [2.75, 3.05) is 13.7 Å². The van der Waals surface area contributed by atoms with Crippen LogP contribution in [0.5, 0.6) is 0 Å². The summed E-state index contributed by atoms with van der Waals surface area (Å²) in [5, 5.41) is 4.65. The van der Waals surface area contributed by atoms with Crippen molar-refractivity contribution < 1.29 is 9.53 Å². The maximum Gasteiger partial charge on any atom is 0.319 e. The SMILES string of the molecule is CCC(C)n1ccc(CN(CC(=O)OC)C2CCCC2)n1. The molecular formula is C16H27N3O2. The maximum atomic E-state index is 11.6. The molecule has 0 N–H and O–H groups in total. The van der Waals surface area contributed by atoms with E-state index in [1.165, 1.54) is 32.8 Å². The van der Waals surface area contributed by atoms with Crippen LogP contribution in [0.2, 0.25) is 0 Å². The van der Waals surface area contributed by atoms with E-state index in [4.69, 9.17) is 4.74 Å². The molecule has 0 bridgehead atoms. The fraction of sp³-hybridized carbons (Fsp3) is 0.750. The van der Waals surface area contributed by atoms with Crippen molar-refractivity contribution in [2.45, 2.75) is 64.6 Å². The lowest BCUT2D eigenvalue weighted by atomic mass is 10.2. The van der Waals surface area contributed by atoms with Gasteiger partial charge in [-0.15, -0.1) is 0 Å². The normalized spacial score (nSPS) is 17.3. The predicted molar refractivity (Wildman–Crippen MR) is 81.9 cm³/mol. The second kappa shape index (κ2) is 7.59. The van der Waals surface area contributed by atoms with Crippen molar-refractivity contribution in [3.05, 3.63) is 18.0 Å². The van der Waals surface area contributed by atoms with E-state index >= 15 is 0 Å². The molecule has 0 radical (unpaired) electrons. The van der Waals surface area contributed by atoms with E-state index in [0.717, 1.165) is 18.7 Å². The minimum Gasteiger partial charge on any atom is -0.468 e. The topological polar surface area (TPSA) is 47.4 Å². The molecule has 2 rings (SSSR count). The molecule has 0 aromatic carbocycles. The van der Waals surface area contributed by atoms with E-state index in [0.29, 0.717) is 18.6 Å². The first-order valence-electron chi connectivity index (χ1n) is 7.99. The summed E-state index contributed by atoms with van der Waals surface area (Å²) in [6, 6.07) is 2.96. The van der Waals surface area contributed by atoms with E-state index in [1.807, 2.05) is 10.9 Å². The van der Waals surface area contributed by atoms with E-state index in [2.05, 4.69) is 29.9 Å². The van der Waals surface area contributed by atoms with Gasteiger partial charge in [0.1, 0.15) is 0 Å². The molecule has 118 valence electrons. The Labute approximate surface area is 127 Å². The number of hydrogen-bond donors (Lipinski definition) is 0. The summed E-state index contributed by atoms with van der Waals surface area (Å²) in [7, 11) is 1.45. The molecule has 1 fully saturated rings. The Morgan fingerprint density at radius 3 is 2.86 bits per heavy atom. The summed E-state index contributed by atoms with van der Waals surface area (Å²) in [5.41, 5.74) is 1.03. The van der Waals surface area contributed by atoms with Gasteiger partial charge in [0.2, 0.25) is 0 Å². The van der Waals surface area contributed by atoms with E-state index in [1.54, 1.807) is 0 Å². The first kappa shape index (κ1) is 16.0. The molecule has 1 aliphatic rings. The molecule has 21 heavy (non-hydrogen) atoms. The van der Waals surface area contributed by atoms with Crippen molar-refractivity contribution in [1.82, 2.24) is 14.7 Å². The average Bonchev–Trinajstić information content (AvgIpc) is 3.16. The van der Waals surface area contributed by atoms with Gasteiger partial charge in [-0.05, 0) is 32.3 Å². The zero-order valence-corrected chi connectivity index (χ0v) is 13.4. The lowest BCUT2D eigenvalue weighted by Gasteiger charge is -2.26. The van der Waals surface area contributed by atoms with E-state index in [9.17, 15) is 4.79 Å². The summed E-state index contributed by atoms with van der Waals surface area (Å²) >= 11 is 0. The number of methoxy groups -OCH3 is 1. The smallest absolute Gasteiger partial charge is 0.319 e. The van der Waals surface area contributed by atoms with Crippen molar-refractivity contribution in [2.24, 2.45) is 0 Å². The van der Waals surface area contributed by atoms with Gasteiger partial charge in [-0.2, -0.15) is 5.10 Å². The maximum absolute atomic E-state index is 11.6. The second-order valence-electron chi connectivity index (χ2n) is 5.96. The Balaban J connectivity index is 2.03. The fourth-order valence-electron chi connectivity index (χ4n) is 2.92. The van der Waals surface area contributed by atoms with Crippen LogP contribution in [0.4, 0.5) is 0 Å². The molecule has 1 heterocycles. The van der Waals surface area contributed by atoms with Gasteiger partial charge in [-0.1, -0.05) is 19.8 Å². The third kappa shape index (κ3) is 4.30. The van der Waals surface area contributed by atoms with Gasteiger partial charge in [0.05, 0.1) is 19.3 Å². The number of hydrogen-bond acceptors (Lipinski definition) is 4. The first-order chi connectivity index (χ1) is 10.1. The van der Waals surface area contributed by atoms with Gasteiger partial charge in [0.25, 0.3) is 0 Å². The molecular weight excluding hydrogens is 266 g/mol. The van der Waals surface area contributed by atoms with Crippen LogP contribution < -0.4 is 0 Å². The summed E-state index contributed by atoms with van der Waals surface area (Å²) in [5.74, 6) is -0.164. The summed E-state index contributed by atoms with van der Waals surface area (Å²) in [4.78, 5) is 13.9. The molecule has 1 aliphatic carbocycles. The van der Waals surface area contributed by atoms with Gasteiger partial charge < -0.3 is 4.74 Å². The molecule has 1 atom stereocenters. The number of ether oxygens (including phenoxy) is 1. The summed E-state index contributed by atoms with van der Waals surface area (Å²) in [6.07, 6.45) is 7.95. The first-order valence-corrected chi connectivity index (χ1v) is 7.99. The number of aromatic nitrogens is 2. The number of carbonyl (C=O) groups excluding carboxylic acids is 1. The third-order valence-electron chi connectivity index (χ3n) is 4.47. The van der Waals surface area contributed by atoms with Crippen LogP contribution >= 0.6 is 0 Å². The Bertz CT molecular complexity index is 452. The van der Waals surface area contributed by atoms with Crippen molar-refractivity contribution in [3.8, 4) is 0 Å². The fourth-order valence-corrected chi connectivity index (χ4v) is 2.92. The molecule has 0 spiro atoms. The standard InChI is InChI=1S/C16H27N3O2/c1-4-13(2)19-10-9-14(17-19)11-18(12-16(20)21-3)15-7-5-6-8-15/h9-10,13,15H,4-8,11-12H2,1-3H3. The molecule has 1 unspecified atom stereocenters. The Morgan fingerprint density at radius 2 is 2.24 bits per heavy atom. The predicted octanol–water partition coefficient (Wildman–Crippen LogP) is 2.77. The summed E-state index contributed by atoms with van der Waals surface area (Å²) < 4.78 is 6.85.